The SMILES string of the molecule is CN/C(C)=N\C(=C/C=O)c1cn(C(C)c2ccc(S(F)(F)(F)(F)F)cc2)nn1. The fraction of sp³-hybridized carbons (Fsp3) is 0.250. The fourth-order valence-corrected chi connectivity index (χ4v) is 2.87. The molecule has 0 amide bonds. The Morgan fingerprint density at radius 3 is 2.32 bits per heavy atom. The Morgan fingerprint density at radius 2 is 1.82 bits per heavy atom. The molecule has 28 heavy (non-hydrogen) atoms. The van der Waals surface area contributed by atoms with Crippen LogP contribution in [0.15, 0.2) is 46.4 Å². The molecule has 1 aromatic heterocycles. The standard InChI is InChI=1S/C16H18F5N5OS/c1-11(13-4-6-14(7-5-13)28(17,18,19,20)21)26-10-16(24-25-26)15(8-9-27)23-12(2)22-3/h4-11H,1-3H3,(H,22,23)/b15-8-. The normalized spacial score (nSPS) is 16.9. The lowest BCUT2D eigenvalue weighted by Crippen LogP contribution is -2.13. The van der Waals surface area contributed by atoms with Crippen molar-refractivity contribution < 1.29 is 24.2 Å². The molecule has 1 aromatic carbocycles. The minimum absolute atomic E-state index is 0.233. The van der Waals surface area contributed by atoms with Crippen LogP contribution in [0.2, 0.25) is 0 Å². The number of amidine groups is 1. The van der Waals surface area contributed by atoms with Gasteiger partial charge in [-0.15, -0.1) is 5.10 Å². The summed E-state index contributed by atoms with van der Waals surface area (Å²) in [4.78, 5) is 13.0. The van der Waals surface area contributed by atoms with Gasteiger partial charge < -0.3 is 5.32 Å². The van der Waals surface area contributed by atoms with Crippen LogP contribution in [0, 0.1) is 0 Å². The lowest BCUT2D eigenvalue weighted by atomic mass is 10.1. The topological polar surface area (TPSA) is 72.2 Å². The first-order valence-corrected chi connectivity index (χ1v) is 9.85. The molecule has 1 unspecified atom stereocenters. The van der Waals surface area contributed by atoms with Crippen molar-refractivity contribution in [3.63, 3.8) is 0 Å². The van der Waals surface area contributed by atoms with Gasteiger partial charge in [0.1, 0.15) is 16.9 Å². The van der Waals surface area contributed by atoms with Gasteiger partial charge >= 0.3 is 10.2 Å². The number of aldehydes is 1. The Morgan fingerprint density at radius 1 is 1.21 bits per heavy atom. The maximum absolute atomic E-state index is 12.8. The number of halogens is 5. The summed E-state index contributed by atoms with van der Waals surface area (Å²) in [6.45, 7) is 3.28. The first-order valence-electron chi connectivity index (χ1n) is 7.90. The monoisotopic (exact) mass is 423 g/mol. The molecule has 0 saturated carbocycles. The van der Waals surface area contributed by atoms with Gasteiger partial charge in [0.2, 0.25) is 0 Å². The van der Waals surface area contributed by atoms with Crippen molar-refractivity contribution in [2.24, 2.45) is 4.99 Å². The summed E-state index contributed by atoms with van der Waals surface area (Å²) in [6.07, 6.45) is 3.16. The predicted octanol–water partition coefficient (Wildman–Crippen LogP) is 4.72. The smallest absolute Gasteiger partial charge is 0.310 e. The molecular formula is C16H18F5N5OS. The van der Waals surface area contributed by atoms with E-state index < -0.39 is 21.2 Å². The van der Waals surface area contributed by atoms with Crippen LogP contribution in [-0.2, 0) is 4.79 Å². The van der Waals surface area contributed by atoms with E-state index in [1.807, 2.05) is 0 Å². The number of rotatable bonds is 6. The van der Waals surface area contributed by atoms with E-state index in [0.717, 1.165) is 12.1 Å². The summed E-state index contributed by atoms with van der Waals surface area (Å²) in [7, 11) is -8.07. The number of benzene rings is 1. The molecule has 0 aliphatic carbocycles. The lowest BCUT2D eigenvalue weighted by Gasteiger charge is -2.40. The molecule has 0 aliphatic heterocycles. The highest BCUT2D eigenvalue weighted by atomic mass is 32.5. The van der Waals surface area contributed by atoms with Gasteiger partial charge in [-0.2, -0.15) is 0 Å². The van der Waals surface area contributed by atoms with Crippen molar-refractivity contribution in [1.82, 2.24) is 20.3 Å². The van der Waals surface area contributed by atoms with Crippen molar-refractivity contribution in [3.8, 4) is 0 Å². The third kappa shape index (κ3) is 5.15. The number of carbonyl (C=O) groups excluding carboxylic acids is 1. The first kappa shape index (κ1) is 21.5. The van der Waals surface area contributed by atoms with Crippen LogP contribution in [0.4, 0.5) is 19.4 Å². The Hall–Kier alpha value is -2.76. The second-order valence-corrected chi connectivity index (χ2v) is 8.34. The zero-order chi connectivity index (χ0) is 21.2. The summed E-state index contributed by atoms with van der Waals surface area (Å²) in [5, 5.41) is 10.6. The van der Waals surface area contributed by atoms with Gasteiger partial charge in [-0.3, -0.25) is 4.79 Å². The van der Waals surface area contributed by atoms with E-state index in [0.29, 0.717) is 29.8 Å². The van der Waals surface area contributed by atoms with Gasteiger partial charge in [-0.05, 0) is 31.5 Å². The average Bonchev–Trinajstić information content (AvgIpc) is 3.08. The Bertz CT molecular complexity index is 935. The highest BCUT2D eigenvalue weighted by Crippen LogP contribution is 3.02. The van der Waals surface area contributed by atoms with E-state index >= 15 is 0 Å². The molecule has 0 radical (unpaired) electrons. The van der Waals surface area contributed by atoms with Gasteiger partial charge in [0, 0.05) is 13.1 Å². The van der Waals surface area contributed by atoms with E-state index in [1.54, 1.807) is 20.9 Å². The summed E-state index contributed by atoms with van der Waals surface area (Å²) in [6, 6.07) is 2.03. The number of hydrogen-bond donors (Lipinski definition) is 1. The molecule has 2 rings (SSSR count). The maximum Gasteiger partial charge on any atom is 0.310 e. The number of nitrogens with one attached hydrogen (secondary N) is 1. The number of aliphatic imine (C=N–C) groups is 1. The highest BCUT2D eigenvalue weighted by molar-refractivity contribution is 8.45. The van der Waals surface area contributed by atoms with E-state index in [4.69, 9.17) is 0 Å². The third-order valence-electron chi connectivity index (χ3n) is 3.85. The molecule has 1 atom stereocenters. The molecule has 1 N–H and O–H groups in total. The van der Waals surface area contributed by atoms with Crippen molar-refractivity contribution in [1.29, 1.82) is 0 Å². The molecule has 0 bridgehead atoms. The zero-order valence-electron chi connectivity index (χ0n) is 15.1. The van der Waals surface area contributed by atoms with E-state index in [-0.39, 0.29) is 11.4 Å². The molecule has 0 saturated heterocycles. The van der Waals surface area contributed by atoms with Crippen molar-refractivity contribution in [3.05, 3.63) is 47.8 Å². The number of allylic oxidation sites excluding steroid dienone is 1. The first-order chi connectivity index (χ1) is 12.7. The van der Waals surface area contributed by atoms with Crippen LogP contribution in [0.1, 0.15) is 31.1 Å². The minimum Gasteiger partial charge on any atom is -0.377 e. The Kier molecular flexibility index (Phi) is 5.15. The van der Waals surface area contributed by atoms with Crippen LogP contribution < -0.4 is 5.32 Å². The zero-order valence-corrected chi connectivity index (χ0v) is 15.9. The number of carbonyl (C=O) groups is 1. The van der Waals surface area contributed by atoms with Crippen molar-refractivity contribution in [2.75, 3.05) is 7.05 Å². The highest BCUT2D eigenvalue weighted by Gasteiger charge is 2.65. The van der Waals surface area contributed by atoms with Gasteiger partial charge in [-0.1, -0.05) is 36.8 Å². The lowest BCUT2D eigenvalue weighted by molar-refractivity contribution is -0.104. The van der Waals surface area contributed by atoms with E-state index in [9.17, 15) is 24.2 Å². The van der Waals surface area contributed by atoms with Crippen LogP contribution >= 0.6 is 10.2 Å². The van der Waals surface area contributed by atoms with Crippen LogP contribution in [0.3, 0.4) is 0 Å². The minimum atomic E-state index is -9.71. The summed E-state index contributed by atoms with van der Waals surface area (Å²) in [5.41, 5.74) is 0.812. The molecule has 6 nitrogen and oxygen atoms in total. The average molecular weight is 423 g/mol. The van der Waals surface area contributed by atoms with Gasteiger partial charge in [0.25, 0.3) is 0 Å². The molecule has 1 heterocycles. The molecule has 0 spiro atoms. The quantitative estimate of drug-likeness (QED) is 0.240. The maximum atomic E-state index is 12.8. The molecule has 154 valence electrons. The molecule has 0 aliphatic rings. The summed E-state index contributed by atoms with van der Waals surface area (Å²) >= 11 is 0. The van der Waals surface area contributed by atoms with Crippen LogP contribution in [0.25, 0.3) is 5.70 Å². The second kappa shape index (κ2) is 6.69. The molecular weight excluding hydrogens is 405 g/mol. The fourth-order valence-electron chi connectivity index (χ4n) is 2.22. The summed E-state index contributed by atoms with van der Waals surface area (Å²) < 4.78 is 65.4. The van der Waals surface area contributed by atoms with E-state index in [1.165, 1.54) is 17.0 Å². The number of nitrogens with zero attached hydrogens (tertiary/aromatic N) is 4. The Labute approximate surface area is 157 Å². The predicted molar refractivity (Wildman–Crippen MR) is 97.9 cm³/mol. The number of hydrogen-bond acceptors (Lipinski definition) is 4. The van der Waals surface area contributed by atoms with Gasteiger partial charge in [-0.25, -0.2) is 9.67 Å². The molecule has 0 fully saturated rings. The largest absolute Gasteiger partial charge is 0.377 e. The van der Waals surface area contributed by atoms with Crippen molar-refractivity contribution in [2.45, 2.75) is 24.8 Å². The van der Waals surface area contributed by atoms with E-state index in [2.05, 4.69) is 20.6 Å². The van der Waals surface area contributed by atoms with Crippen molar-refractivity contribution >= 4 is 28.0 Å². The van der Waals surface area contributed by atoms with Crippen LogP contribution in [0.5, 0.6) is 0 Å². The Balaban J connectivity index is 2.33. The van der Waals surface area contributed by atoms with Gasteiger partial charge in [0.15, 0.2) is 0 Å². The molecule has 2 aromatic rings. The second-order valence-electron chi connectivity index (χ2n) is 5.93. The third-order valence-corrected chi connectivity index (χ3v) is 5.02. The number of aromatic nitrogens is 3. The summed E-state index contributed by atoms with van der Waals surface area (Å²) in [5.74, 6) is 0.516. The van der Waals surface area contributed by atoms with Gasteiger partial charge in [0.05, 0.1) is 23.8 Å². The molecule has 12 heteroatoms. The van der Waals surface area contributed by atoms with Crippen LogP contribution in [-0.4, -0.2) is 34.2 Å².